The molecule has 1 rings (SSSR count). The van der Waals surface area contributed by atoms with Gasteiger partial charge in [0.1, 0.15) is 0 Å². The summed E-state index contributed by atoms with van der Waals surface area (Å²) in [7, 11) is 0. The standard InChI is InChI=1S/C9H16INO3/c10-7-2-1-6(9(12)13)5-8(7)14-4-3-11/h6-8H,1-5,11H2,(H,12,13). The van der Waals surface area contributed by atoms with E-state index in [0.717, 1.165) is 12.8 Å². The van der Waals surface area contributed by atoms with Crippen molar-refractivity contribution in [2.75, 3.05) is 13.2 Å². The second-order valence-electron chi connectivity index (χ2n) is 3.56. The van der Waals surface area contributed by atoms with Crippen molar-refractivity contribution in [1.29, 1.82) is 0 Å². The molecule has 0 spiro atoms. The molecule has 5 heteroatoms. The van der Waals surface area contributed by atoms with Gasteiger partial charge in [0.05, 0.1) is 18.6 Å². The van der Waals surface area contributed by atoms with Crippen molar-refractivity contribution in [2.45, 2.75) is 29.3 Å². The van der Waals surface area contributed by atoms with Crippen molar-refractivity contribution in [1.82, 2.24) is 0 Å². The Hall–Kier alpha value is 0.120. The third-order valence-corrected chi connectivity index (χ3v) is 3.94. The van der Waals surface area contributed by atoms with E-state index in [9.17, 15) is 4.79 Å². The van der Waals surface area contributed by atoms with Crippen molar-refractivity contribution in [3.63, 3.8) is 0 Å². The van der Waals surface area contributed by atoms with Crippen LogP contribution in [0, 0.1) is 5.92 Å². The summed E-state index contributed by atoms with van der Waals surface area (Å²) in [5, 5.41) is 8.89. The molecule has 0 aromatic rings. The van der Waals surface area contributed by atoms with Crippen LogP contribution in [-0.4, -0.2) is 34.3 Å². The highest BCUT2D eigenvalue weighted by Crippen LogP contribution is 2.31. The molecule has 0 saturated heterocycles. The van der Waals surface area contributed by atoms with Crippen LogP contribution in [0.4, 0.5) is 0 Å². The van der Waals surface area contributed by atoms with Crippen LogP contribution in [0.3, 0.4) is 0 Å². The van der Waals surface area contributed by atoms with Crippen LogP contribution in [0.15, 0.2) is 0 Å². The molecular weight excluding hydrogens is 297 g/mol. The first kappa shape index (κ1) is 12.2. The molecule has 0 amide bonds. The van der Waals surface area contributed by atoms with Crippen molar-refractivity contribution < 1.29 is 14.6 Å². The van der Waals surface area contributed by atoms with Crippen LogP contribution in [0.5, 0.6) is 0 Å². The van der Waals surface area contributed by atoms with Crippen LogP contribution in [-0.2, 0) is 9.53 Å². The summed E-state index contributed by atoms with van der Waals surface area (Å²) in [6.07, 6.45) is 2.38. The smallest absolute Gasteiger partial charge is 0.306 e. The van der Waals surface area contributed by atoms with E-state index < -0.39 is 5.97 Å². The van der Waals surface area contributed by atoms with Gasteiger partial charge in [-0.25, -0.2) is 0 Å². The van der Waals surface area contributed by atoms with Crippen molar-refractivity contribution in [3.05, 3.63) is 0 Å². The minimum absolute atomic E-state index is 0.0639. The SMILES string of the molecule is NCCOC1CC(C(=O)O)CCC1I. The third-order valence-electron chi connectivity index (χ3n) is 2.51. The molecule has 0 heterocycles. The van der Waals surface area contributed by atoms with Crippen LogP contribution in [0.25, 0.3) is 0 Å². The van der Waals surface area contributed by atoms with Gasteiger partial charge >= 0.3 is 5.97 Å². The molecule has 1 saturated carbocycles. The van der Waals surface area contributed by atoms with E-state index in [0.29, 0.717) is 23.5 Å². The summed E-state index contributed by atoms with van der Waals surface area (Å²) in [4.78, 5) is 10.8. The van der Waals surface area contributed by atoms with Gasteiger partial charge < -0.3 is 15.6 Å². The Morgan fingerprint density at radius 3 is 2.86 bits per heavy atom. The first-order valence-electron chi connectivity index (χ1n) is 4.83. The number of ether oxygens (including phenoxy) is 1. The first-order chi connectivity index (χ1) is 6.65. The van der Waals surface area contributed by atoms with E-state index >= 15 is 0 Å². The van der Waals surface area contributed by atoms with Crippen LogP contribution < -0.4 is 5.73 Å². The first-order valence-corrected chi connectivity index (χ1v) is 6.08. The number of rotatable bonds is 4. The maximum absolute atomic E-state index is 10.8. The summed E-state index contributed by atoms with van der Waals surface area (Å²) in [5.41, 5.74) is 5.34. The number of hydrogen-bond donors (Lipinski definition) is 2. The number of nitrogens with two attached hydrogens (primary N) is 1. The van der Waals surface area contributed by atoms with E-state index in [4.69, 9.17) is 15.6 Å². The quantitative estimate of drug-likeness (QED) is 0.600. The number of hydrogen-bond acceptors (Lipinski definition) is 3. The van der Waals surface area contributed by atoms with Gasteiger partial charge in [0, 0.05) is 10.5 Å². The topological polar surface area (TPSA) is 72.5 Å². The minimum Gasteiger partial charge on any atom is -0.481 e. The molecule has 0 radical (unpaired) electrons. The lowest BCUT2D eigenvalue weighted by atomic mass is 9.87. The summed E-state index contributed by atoms with van der Waals surface area (Å²) >= 11 is 2.33. The summed E-state index contributed by atoms with van der Waals surface area (Å²) in [6, 6.07) is 0. The second-order valence-corrected chi connectivity index (χ2v) is 5.16. The van der Waals surface area contributed by atoms with Gasteiger partial charge in [-0.1, -0.05) is 22.6 Å². The van der Waals surface area contributed by atoms with E-state index in [-0.39, 0.29) is 12.0 Å². The lowest BCUT2D eigenvalue weighted by molar-refractivity contribution is -0.144. The van der Waals surface area contributed by atoms with Crippen molar-refractivity contribution in [3.8, 4) is 0 Å². The zero-order valence-corrected chi connectivity index (χ0v) is 10.1. The fourth-order valence-corrected chi connectivity index (χ4v) is 2.57. The maximum Gasteiger partial charge on any atom is 0.306 e. The fourth-order valence-electron chi connectivity index (χ4n) is 1.71. The zero-order valence-electron chi connectivity index (χ0n) is 7.99. The molecule has 3 unspecified atom stereocenters. The fraction of sp³-hybridized carbons (Fsp3) is 0.889. The van der Waals surface area contributed by atoms with Crippen molar-refractivity contribution in [2.24, 2.45) is 11.7 Å². The van der Waals surface area contributed by atoms with Gasteiger partial charge in [-0.15, -0.1) is 0 Å². The van der Waals surface area contributed by atoms with Gasteiger partial charge in [0.2, 0.25) is 0 Å². The lowest BCUT2D eigenvalue weighted by Gasteiger charge is -2.31. The zero-order chi connectivity index (χ0) is 10.6. The maximum atomic E-state index is 10.8. The predicted octanol–water partition coefficient (Wildman–Crippen LogP) is 1.02. The van der Waals surface area contributed by atoms with Crippen LogP contribution >= 0.6 is 22.6 Å². The average molecular weight is 313 g/mol. The highest BCUT2D eigenvalue weighted by molar-refractivity contribution is 14.1. The van der Waals surface area contributed by atoms with Gasteiger partial charge in [-0.2, -0.15) is 0 Å². The van der Waals surface area contributed by atoms with Crippen molar-refractivity contribution >= 4 is 28.6 Å². The molecule has 3 N–H and O–H groups in total. The summed E-state index contributed by atoms with van der Waals surface area (Å²) < 4.78 is 5.95. The number of carbonyl (C=O) groups is 1. The Kier molecular flexibility index (Phi) is 5.11. The lowest BCUT2D eigenvalue weighted by Crippen LogP contribution is -2.36. The van der Waals surface area contributed by atoms with E-state index in [1.165, 1.54) is 0 Å². The molecular formula is C9H16INO3. The summed E-state index contributed by atoms with van der Waals surface area (Å²) in [5.74, 6) is -0.932. The Balaban J connectivity index is 2.42. The normalized spacial score (nSPS) is 32.9. The molecule has 0 aromatic carbocycles. The number of alkyl halides is 1. The van der Waals surface area contributed by atoms with Crippen LogP contribution in [0.2, 0.25) is 0 Å². The molecule has 1 aliphatic carbocycles. The van der Waals surface area contributed by atoms with Crippen LogP contribution in [0.1, 0.15) is 19.3 Å². The van der Waals surface area contributed by atoms with Gasteiger partial charge in [-0.3, -0.25) is 4.79 Å². The van der Waals surface area contributed by atoms with Gasteiger partial charge in [-0.05, 0) is 19.3 Å². The van der Waals surface area contributed by atoms with E-state index in [1.54, 1.807) is 0 Å². The Labute approximate surface area is 97.3 Å². The Morgan fingerprint density at radius 1 is 1.57 bits per heavy atom. The second kappa shape index (κ2) is 5.87. The highest BCUT2D eigenvalue weighted by atomic mass is 127. The predicted molar refractivity (Wildman–Crippen MR) is 61.6 cm³/mol. The Morgan fingerprint density at radius 2 is 2.29 bits per heavy atom. The Bertz CT molecular complexity index is 200. The average Bonchev–Trinajstić information content (AvgIpc) is 2.16. The molecule has 0 aromatic heterocycles. The van der Waals surface area contributed by atoms with E-state index in [1.807, 2.05) is 0 Å². The number of aliphatic carboxylic acids is 1. The molecule has 1 fully saturated rings. The molecule has 82 valence electrons. The molecule has 1 aliphatic rings. The number of carboxylic acids is 1. The molecule has 0 bridgehead atoms. The molecule has 14 heavy (non-hydrogen) atoms. The minimum atomic E-state index is -0.699. The highest BCUT2D eigenvalue weighted by Gasteiger charge is 2.32. The molecule has 0 aliphatic heterocycles. The van der Waals surface area contributed by atoms with E-state index in [2.05, 4.69) is 22.6 Å². The number of halogens is 1. The monoisotopic (exact) mass is 313 g/mol. The largest absolute Gasteiger partial charge is 0.481 e. The van der Waals surface area contributed by atoms with Gasteiger partial charge in [0.25, 0.3) is 0 Å². The third kappa shape index (κ3) is 3.36. The summed E-state index contributed by atoms with van der Waals surface area (Å²) in [6.45, 7) is 1.02. The van der Waals surface area contributed by atoms with Gasteiger partial charge in [0.15, 0.2) is 0 Å². The molecule has 4 nitrogen and oxygen atoms in total. The molecule has 3 atom stereocenters. The number of carboxylic acid groups (broad SMARTS) is 1.